The molecule has 3 nitrogen and oxygen atoms in total. The standard InChI is InChI=1S/C9H7NO2S/c1-6(11)7-5-10-12-9(7)8-3-2-4-13-8/h2-5H,1H3. The van der Waals surface area contributed by atoms with Crippen LogP contribution < -0.4 is 0 Å². The fraction of sp³-hybridized carbons (Fsp3) is 0.111. The van der Waals surface area contributed by atoms with E-state index in [1.165, 1.54) is 24.5 Å². The van der Waals surface area contributed by atoms with Crippen LogP contribution >= 0.6 is 11.3 Å². The number of rotatable bonds is 2. The van der Waals surface area contributed by atoms with Crippen LogP contribution in [0.15, 0.2) is 28.2 Å². The van der Waals surface area contributed by atoms with E-state index in [4.69, 9.17) is 4.52 Å². The summed E-state index contributed by atoms with van der Waals surface area (Å²) in [6, 6.07) is 3.81. The van der Waals surface area contributed by atoms with Crippen LogP contribution in [-0.2, 0) is 0 Å². The smallest absolute Gasteiger partial charge is 0.187 e. The van der Waals surface area contributed by atoms with Crippen LogP contribution in [0.1, 0.15) is 17.3 Å². The van der Waals surface area contributed by atoms with Gasteiger partial charge in [0.15, 0.2) is 11.5 Å². The van der Waals surface area contributed by atoms with Gasteiger partial charge >= 0.3 is 0 Å². The lowest BCUT2D eigenvalue weighted by Gasteiger charge is -1.91. The van der Waals surface area contributed by atoms with Crippen molar-refractivity contribution < 1.29 is 9.32 Å². The molecule has 2 aromatic rings. The highest BCUT2D eigenvalue weighted by Crippen LogP contribution is 2.27. The average molecular weight is 193 g/mol. The Hall–Kier alpha value is -1.42. The molecule has 2 aromatic heterocycles. The largest absolute Gasteiger partial charge is 0.355 e. The van der Waals surface area contributed by atoms with Gasteiger partial charge in [0.2, 0.25) is 0 Å². The van der Waals surface area contributed by atoms with Crippen molar-refractivity contribution in [1.29, 1.82) is 0 Å². The third-order valence-corrected chi connectivity index (χ3v) is 2.56. The summed E-state index contributed by atoms with van der Waals surface area (Å²) in [5, 5.41) is 5.54. The molecule has 0 radical (unpaired) electrons. The van der Waals surface area contributed by atoms with Crippen LogP contribution in [0.3, 0.4) is 0 Å². The summed E-state index contributed by atoms with van der Waals surface area (Å²) in [4.78, 5) is 12.1. The molecule has 0 saturated carbocycles. The fourth-order valence-electron chi connectivity index (χ4n) is 1.08. The number of hydrogen-bond donors (Lipinski definition) is 0. The Kier molecular flexibility index (Phi) is 1.98. The maximum Gasteiger partial charge on any atom is 0.187 e. The molecule has 0 N–H and O–H groups in total. The molecule has 2 heterocycles. The molecule has 66 valence electrons. The molecule has 4 heteroatoms. The molecule has 0 fully saturated rings. The molecule has 0 atom stereocenters. The van der Waals surface area contributed by atoms with Gasteiger partial charge in [-0.1, -0.05) is 11.2 Å². The first kappa shape index (κ1) is 8.19. The zero-order valence-corrected chi connectivity index (χ0v) is 7.80. The summed E-state index contributed by atoms with van der Waals surface area (Å²) < 4.78 is 5.01. The van der Waals surface area contributed by atoms with Gasteiger partial charge in [0.25, 0.3) is 0 Å². The van der Waals surface area contributed by atoms with E-state index in [9.17, 15) is 4.79 Å². The van der Waals surface area contributed by atoms with Crippen molar-refractivity contribution in [2.24, 2.45) is 0 Å². The minimum atomic E-state index is -0.0235. The predicted molar refractivity (Wildman–Crippen MR) is 49.8 cm³/mol. The fourth-order valence-corrected chi connectivity index (χ4v) is 1.79. The number of carbonyl (C=O) groups excluding carboxylic acids is 1. The van der Waals surface area contributed by atoms with Crippen LogP contribution in [0.5, 0.6) is 0 Å². The second kappa shape index (κ2) is 3.14. The Morgan fingerprint density at radius 3 is 3.08 bits per heavy atom. The minimum absolute atomic E-state index is 0.0235. The van der Waals surface area contributed by atoms with E-state index in [1.807, 2.05) is 17.5 Å². The SMILES string of the molecule is CC(=O)c1cnoc1-c1cccs1. The Morgan fingerprint density at radius 2 is 2.46 bits per heavy atom. The number of nitrogens with zero attached hydrogens (tertiary/aromatic N) is 1. The molecule has 0 aliphatic rings. The summed E-state index contributed by atoms with van der Waals surface area (Å²) in [7, 11) is 0. The number of Topliss-reactive ketones (excluding diaryl/α,β-unsaturated/α-hetero) is 1. The van der Waals surface area contributed by atoms with Gasteiger partial charge < -0.3 is 4.52 Å². The van der Waals surface area contributed by atoms with Crippen LogP contribution in [0, 0.1) is 0 Å². The van der Waals surface area contributed by atoms with E-state index in [0.717, 1.165) is 4.88 Å². The van der Waals surface area contributed by atoms with Crippen molar-refractivity contribution >= 4 is 17.1 Å². The Labute approximate surface area is 79.0 Å². The lowest BCUT2D eigenvalue weighted by molar-refractivity contribution is 0.101. The second-order valence-corrected chi connectivity index (χ2v) is 3.55. The third-order valence-electron chi connectivity index (χ3n) is 1.69. The highest BCUT2D eigenvalue weighted by atomic mass is 32.1. The van der Waals surface area contributed by atoms with Gasteiger partial charge in [-0.25, -0.2) is 0 Å². The number of ketones is 1. The van der Waals surface area contributed by atoms with Gasteiger partial charge in [-0.05, 0) is 18.4 Å². The van der Waals surface area contributed by atoms with Gasteiger partial charge in [-0.15, -0.1) is 11.3 Å². The molecule has 0 unspecified atom stereocenters. The molecular weight excluding hydrogens is 186 g/mol. The van der Waals surface area contributed by atoms with E-state index >= 15 is 0 Å². The molecule has 0 spiro atoms. The van der Waals surface area contributed by atoms with Crippen molar-refractivity contribution in [3.05, 3.63) is 29.3 Å². The van der Waals surface area contributed by atoms with Crippen LogP contribution in [0.4, 0.5) is 0 Å². The molecule has 0 bridgehead atoms. The lowest BCUT2D eigenvalue weighted by Crippen LogP contribution is -1.90. The lowest BCUT2D eigenvalue weighted by atomic mass is 10.2. The van der Waals surface area contributed by atoms with E-state index < -0.39 is 0 Å². The van der Waals surface area contributed by atoms with Gasteiger partial charge in [0.05, 0.1) is 16.6 Å². The summed E-state index contributed by atoms with van der Waals surface area (Å²) in [6.45, 7) is 1.50. The number of hydrogen-bond acceptors (Lipinski definition) is 4. The maximum absolute atomic E-state index is 11.1. The topological polar surface area (TPSA) is 43.1 Å². The Bertz CT molecular complexity index is 417. The second-order valence-electron chi connectivity index (χ2n) is 2.60. The number of carbonyl (C=O) groups is 1. The normalized spacial score (nSPS) is 10.2. The molecule has 0 aliphatic heterocycles. The van der Waals surface area contributed by atoms with Gasteiger partial charge in [0.1, 0.15) is 0 Å². The molecule has 0 saturated heterocycles. The van der Waals surface area contributed by atoms with E-state index in [1.54, 1.807) is 0 Å². The zero-order valence-electron chi connectivity index (χ0n) is 6.98. The van der Waals surface area contributed by atoms with E-state index in [-0.39, 0.29) is 5.78 Å². The zero-order chi connectivity index (χ0) is 9.26. The summed E-state index contributed by atoms with van der Waals surface area (Å²) in [5.74, 6) is 0.548. The first-order chi connectivity index (χ1) is 6.29. The average Bonchev–Trinajstić information content (AvgIpc) is 2.74. The van der Waals surface area contributed by atoms with Crippen molar-refractivity contribution in [2.45, 2.75) is 6.92 Å². The van der Waals surface area contributed by atoms with Crippen molar-refractivity contribution in [3.8, 4) is 10.6 Å². The maximum atomic E-state index is 11.1. The van der Waals surface area contributed by atoms with Gasteiger partial charge in [-0.3, -0.25) is 4.79 Å². The number of thiophene rings is 1. The third kappa shape index (κ3) is 1.40. The van der Waals surface area contributed by atoms with E-state index in [2.05, 4.69) is 5.16 Å². The van der Waals surface area contributed by atoms with Crippen LogP contribution in [-0.4, -0.2) is 10.9 Å². The van der Waals surface area contributed by atoms with Crippen molar-refractivity contribution in [1.82, 2.24) is 5.16 Å². The first-order valence-corrected chi connectivity index (χ1v) is 4.66. The molecule has 0 amide bonds. The van der Waals surface area contributed by atoms with Crippen molar-refractivity contribution in [2.75, 3.05) is 0 Å². The molecule has 2 rings (SSSR count). The quantitative estimate of drug-likeness (QED) is 0.688. The van der Waals surface area contributed by atoms with Crippen molar-refractivity contribution in [3.63, 3.8) is 0 Å². The Morgan fingerprint density at radius 1 is 1.62 bits per heavy atom. The number of aromatic nitrogens is 1. The Balaban J connectivity index is 2.52. The highest BCUT2D eigenvalue weighted by molar-refractivity contribution is 7.13. The highest BCUT2D eigenvalue weighted by Gasteiger charge is 2.14. The predicted octanol–water partition coefficient (Wildman–Crippen LogP) is 2.61. The van der Waals surface area contributed by atoms with Crippen LogP contribution in [0.25, 0.3) is 10.6 Å². The van der Waals surface area contributed by atoms with Gasteiger partial charge in [-0.2, -0.15) is 0 Å². The van der Waals surface area contributed by atoms with E-state index in [0.29, 0.717) is 11.3 Å². The summed E-state index contributed by atoms with van der Waals surface area (Å²) in [5.41, 5.74) is 0.544. The monoisotopic (exact) mass is 193 g/mol. The molecule has 0 aromatic carbocycles. The molecular formula is C9H7NO2S. The summed E-state index contributed by atoms with van der Waals surface area (Å²) in [6.07, 6.45) is 1.46. The van der Waals surface area contributed by atoms with Crippen LogP contribution in [0.2, 0.25) is 0 Å². The minimum Gasteiger partial charge on any atom is -0.355 e. The van der Waals surface area contributed by atoms with Gasteiger partial charge in [0, 0.05) is 0 Å². The molecule has 0 aliphatic carbocycles. The first-order valence-electron chi connectivity index (χ1n) is 3.78. The molecule has 13 heavy (non-hydrogen) atoms. The summed E-state index contributed by atoms with van der Waals surface area (Å²) >= 11 is 1.53.